The van der Waals surface area contributed by atoms with E-state index in [1.807, 2.05) is 27.7 Å². The van der Waals surface area contributed by atoms with Crippen LogP contribution in [-0.4, -0.2) is 58.2 Å². The van der Waals surface area contributed by atoms with Crippen LogP contribution in [0.5, 0.6) is 0 Å². The second kappa shape index (κ2) is 12.1. The average Bonchev–Trinajstić information content (AvgIpc) is 2.51. The van der Waals surface area contributed by atoms with Gasteiger partial charge in [0.15, 0.2) is 0 Å². The molecule has 0 aliphatic heterocycles. The summed E-state index contributed by atoms with van der Waals surface area (Å²) in [5, 5.41) is 13.4. The highest BCUT2D eigenvalue weighted by molar-refractivity contribution is 5.95. The van der Waals surface area contributed by atoms with E-state index < -0.39 is 35.8 Å². The third kappa shape index (κ3) is 10.6. The topological polar surface area (TPSA) is 122 Å². The van der Waals surface area contributed by atoms with Gasteiger partial charge in [-0.2, -0.15) is 0 Å². The SMILES string of the molecule is CCNC(=O)C[C@H](O)[C@H](CC(C)C)N(C(=O)OC(C)(C)C)C(=O)[C@@H](N)CC(C)C. The van der Waals surface area contributed by atoms with E-state index in [-0.39, 0.29) is 24.2 Å². The summed E-state index contributed by atoms with van der Waals surface area (Å²) in [6.07, 6.45) is -1.61. The molecule has 0 aromatic heterocycles. The van der Waals surface area contributed by atoms with Crippen molar-refractivity contribution >= 4 is 17.9 Å². The lowest BCUT2D eigenvalue weighted by molar-refractivity contribution is -0.139. The summed E-state index contributed by atoms with van der Waals surface area (Å²) in [6, 6.07) is -1.83. The van der Waals surface area contributed by atoms with Crippen molar-refractivity contribution in [2.45, 2.75) is 98.4 Å². The highest BCUT2D eigenvalue weighted by atomic mass is 16.6. The molecule has 29 heavy (non-hydrogen) atoms. The van der Waals surface area contributed by atoms with Gasteiger partial charge in [-0.1, -0.05) is 27.7 Å². The molecule has 0 heterocycles. The van der Waals surface area contributed by atoms with Crippen LogP contribution in [0, 0.1) is 11.8 Å². The zero-order valence-corrected chi connectivity index (χ0v) is 19.3. The third-order valence-electron chi connectivity index (χ3n) is 4.13. The van der Waals surface area contributed by atoms with Crippen LogP contribution in [-0.2, 0) is 14.3 Å². The first-order valence-corrected chi connectivity index (χ1v) is 10.5. The number of aliphatic hydroxyl groups is 1. The van der Waals surface area contributed by atoms with Gasteiger partial charge in [0, 0.05) is 6.54 Å². The monoisotopic (exact) mass is 415 g/mol. The molecule has 0 saturated carbocycles. The molecule has 0 radical (unpaired) electrons. The molecule has 0 aliphatic rings. The fourth-order valence-electron chi connectivity index (χ4n) is 3.00. The fraction of sp³-hybridized carbons (Fsp3) is 0.857. The van der Waals surface area contributed by atoms with Gasteiger partial charge >= 0.3 is 6.09 Å². The standard InChI is InChI=1S/C21H41N3O5/c1-9-23-18(26)12-17(25)16(11-14(4)5)24(20(28)29-21(6,7)8)19(27)15(22)10-13(2)3/h13-17,25H,9-12,22H2,1-8H3,(H,23,26)/t15-,16-,17-/m0/s1. The smallest absolute Gasteiger partial charge is 0.417 e. The Balaban J connectivity index is 5.95. The number of amides is 3. The van der Waals surface area contributed by atoms with Gasteiger partial charge in [0.1, 0.15) is 5.60 Å². The van der Waals surface area contributed by atoms with Crippen molar-refractivity contribution in [3.63, 3.8) is 0 Å². The van der Waals surface area contributed by atoms with Crippen LogP contribution in [0.3, 0.4) is 0 Å². The van der Waals surface area contributed by atoms with E-state index in [1.54, 1.807) is 27.7 Å². The van der Waals surface area contributed by atoms with Crippen molar-refractivity contribution in [2.24, 2.45) is 17.6 Å². The number of hydrogen-bond acceptors (Lipinski definition) is 6. The Morgan fingerprint density at radius 3 is 2.00 bits per heavy atom. The van der Waals surface area contributed by atoms with Crippen LogP contribution in [0.2, 0.25) is 0 Å². The van der Waals surface area contributed by atoms with Crippen molar-refractivity contribution in [1.29, 1.82) is 0 Å². The molecule has 0 fully saturated rings. The molecule has 0 aromatic carbocycles. The fourth-order valence-corrected chi connectivity index (χ4v) is 3.00. The molecule has 0 saturated heterocycles. The number of carbonyl (C=O) groups excluding carboxylic acids is 3. The quantitative estimate of drug-likeness (QED) is 0.504. The van der Waals surface area contributed by atoms with Gasteiger partial charge in [-0.15, -0.1) is 0 Å². The molecule has 3 amide bonds. The summed E-state index contributed by atoms with van der Waals surface area (Å²) < 4.78 is 5.44. The van der Waals surface area contributed by atoms with Crippen molar-refractivity contribution in [2.75, 3.05) is 6.54 Å². The Bertz CT molecular complexity index is 543. The average molecular weight is 416 g/mol. The first-order chi connectivity index (χ1) is 13.2. The first kappa shape index (κ1) is 27.3. The van der Waals surface area contributed by atoms with Gasteiger partial charge in [0.05, 0.1) is 24.6 Å². The summed E-state index contributed by atoms with van der Waals surface area (Å²) in [5.74, 6) is -0.744. The molecule has 8 heteroatoms. The molecule has 170 valence electrons. The van der Waals surface area contributed by atoms with E-state index in [1.165, 1.54) is 0 Å². The molecule has 0 rings (SSSR count). The molecule has 0 spiro atoms. The molecule has 0 unspecified atom stereocenters. The van der Waals surface area contributed by atoms with Crippen LogP contribution >= 0.6 is 0 Å². The second-order valence-electron chi connectivity index (χ2n) is 9.35. The normalized spacial score (nSPS) is 15.0. The van der Waals surface area contributed by atoms with E-state index >= 15 is 0 Å². The summed E-state index contributed by atoms with van der Waals surface area (Å²) in [5.41, 5.74) is 5.25. The van der Waals surface area contributed by atoms with E-state index in [2.05, 4.69) is 5.32 Å². The number of nitrogens with zero attached hydrogens (tertiary/aromatic N) is 1. The number of imide groups is 1. The Kier molecular flexibility index (Phi) is 11.4. The number of carbonyl (C=O) groups is 3. The summed E-state index contributed by atoms with van der Waals surface area (Å²) >= 11 is 0. The van der Waals surface area contributed by atoms with E-state index in [0.29, 0.717) is 19.4 Å². The summed E-state index contributed by atoms with van der Waals surface area (Å²) in [7, 11) is 0. The molecule has 0 aliphatic carbocycles. The molecular weight excluding hydrogens is 374 g/mol. The van der Waals surface area contributed by atoms with Crippen molar-refractivity contribution in [3.8, 4) is 0 Å². The van der Waals surface area contributed by atoms with E-state index in [4.69, 9.17) is 10.5 Å². The lowest BCUT2D eigenvalue weighted by Gasteiger charge is -2.36. The lowest BCUT2D eigenvalue weighted by atomic mass is 9.94. The lowest BCUT2D eigenvalue weighted by Crippen LogP contribution is -2.57. The largest absolute Gasteiger partial charge is 0.443 e. The van der Waals surface area contributed by atoms with Crippen molar-refractivity contribution < 1.29 is 24.2 Å². The third-order valence-corrected chi connectivity index (χ3v) is 4.13. The second-order valence-corrected chi connectivity index (χ2v) is 9.35. The number of nitrogens with one attached hydrogen (secondary N) is 1. The summed E-state index contributed by atoms with van der Waals surface area (Å²) in [4.78, 5) is 39.0. The van der Waals surface area contributed by atoms with Gasteiger partial charge in [0.25, 0.3) is 0 Å². The van der Waals surface area contributed by atoms with Gasteiger partial charge in [-0.25, -0.2) is 9.69 Å². The molecule has 3 atom stereocenters. The zero-order chi connectivity index (χ0) is 22.9. The number of aliphatic hydroxyl groups excluding tert-OH is 1. The van der Waals surface area contributed by atoms with Gasteiger partial charge in [-0.3, -0.25) is 9.59 Å². The maximum Gasteiger partial charge on any atom is 0.417 e. The maximum atomic E-state index is 13.1. The molecule has 0 aromatic rings. The highest BCUT2D eigenvalue weighted by Crippen LogP contribution is 2.22. The van der Waals surface area contributed by atoms with Crippen LogP contribution in [0.4, 0.5) is 4.79 Å². The predicted molar refractivity (Wildman–Crippen MR) is 113 cm³/mol. The molecule has 8 nitrogen and oxygen atoms in total. The Hall–Kier alpha value is -1.67. The van der Waals surface area contributed by atoms with Crippen LogP contribution in [0.1, 0.15) is 74.7 Å². The van der Waals surface area contributed by atoms with Gasteiger partial charge < -0.3 is 20.9 Å². The zero-order valence-electron chi connectivity index (χ0n) is 19.3. The van der Waals surface area contributed by atoms with E-state index in [9.17, 15) is 19.5 Å². The minimum atomic E-state index is -1.23. The van der Waals surface area contributed by atoms with Gasteiger partial charge in [0.2, 0.25) is 11.8 Å². The number of nitrogens with two attached hydrogens (primary N) is 1. The number of rotatable bonds is 10. The molecule has 4 N–H and O–H groups in total. The van der Waals surface area contributed by atoms with Gasteiger partial charge in [-0.05, 0) is 52.4 Å². The van der Waals surface area contributed by atoms with Crippen LogP contribution in [0.25, 0.3) is 0 Å². The number of hydrogen-bond donors (Lipinski definition) is 3. The van der Waals surface area contributed by atoms with Crippen LogP contribution < -0.4 is 11.1 Å². The van der Waals surface area contributed by atoms with E-state index in [0.717, 1.165) is 4.90 Å². The predicted octanol–water partition coefficient (Wildman–Crippen LogP) is 2.43. The van der Waals surface area contributed by atoms with Crippen molar-refractivity contribution in [3.05, 3.63) is 0 Å². The highest BCUT2D eigenvalue weighted by Gasteiger charge is 2.40. The minimum Gasteiger partial charge on any atom is -0.443 e. The Morgan fingerprint density at radius 2 is 1.59 bits per heavy atom. The van der Waals surface area contributed by atoms with Crippen LogP contribution in [0.15, 0.2) is 0 Å². The number of ether oxygens (including phenoxy) is 1. The maximum absolute atomic E-state index is 13.1. The Labute approximate surface area is 175 Å². The molecule has 0 bridgehead atoms. The summed E-state index contributed by atoms with van der Waals surface area (Å²) in [6.45, 7) is 15.0. The first-order valence-electron chi connectivity index (χ1n) is 10.5. The minimum absolute atomic E-state index is 0.0583. The molecular formula is C21H41N3O5. The Morgan fingerprint density at radius 1 is 1.07 bits per heavy atom. The van der Waals surface area contributed by atoms with Crippen molar-refractivity contribution in [1.82, 2.24) is 10.2 Å².